The Morgan fingerprint density at radius 3 is 2.31 bits per heavy atom. The van der Waals surface area contributed by atoms with Gasteiger partial charge in [-0.2, -0.15) is 13.2 Å². The zero-order valence-corrected chi connectivity index (χ0v) is 21.7. The molecule has 1 aliphatic carbocycles. The first-order chi connectivity index (χ1) is 16.0. The van der Waals surface area contributed by atoms with Gasteiger partial charge in [-0.15, -0.1) is 0 Å². The third-order valence-electron chi connectivity index (χ3n) is 8.02. The van der Waals surface area contributed by atoms with E-state index in [1.807, 2.05) is 19.2 Å². The number of amides is 3. The van der Waals surface area contributed by atoms with Crippen molar-refractivity contribution in [2.45, 2.75) is 79.6 Å². The fourth-order valence-corrected chi connectivity index (χ4v) is 5.73. The van der Waals surface area contributed by atoms with E-state index in [2.05, 4.69) is 24.5 Å². The van der Waals surface area contributed by atoms with Crippen LogP contribution in [0.1, 0.15) is 61.3 Å². The average Bonchev–Trinajstić information content (AvgIpc) is 3.05. The maximum atomic E-state index is 13.6. The predicted octanol–water partition coefficient (Wildman–Crippen LogP) is 2.97. The lowest BCUT2D eigenvalue weighted by molar-refractivity contribution is -0.176. The summed E-state index contributed by atoms with van der Waals surface area (Å²) in [6.45, 7) is 14.7. The second-order valence-electron chi connectivity index (χ2n) is 12.1. The summed E-state index contributed by atoms with van der Waals surface area (Å²) in [4.78, 5) is 39.1. The molecule has 3 fully saturated rings. The van der Waals surface area contributed by atoms with E-state index in [9.17, 15) is 27.6 Å². The van der Waals surface area contributed by atoms with Gasteiger partial charge < -0.3 is 20.9 Å². The minimum Gasteiger partial charge on any atom is -0.386 e. The maximum absolute atomic E-state index is 13.6. The summed E-state index contributed by atoms with van der Waals surface area (Å²) in [6, 6.07) is -1.52. The molecule has 3 rings (SSSR count). The van der Waals surface area contributed by atoms with Crippen LogP contribution < -0.4 is 16.0 Å². The van der Waals surface area contributed by atoms with Gasteiger partial charge in [-0.25, -0.2) is 0 Å². The van der Waals surface area contributed by atoms with Crippen LogP contribution in [0.25, 0.3) is 0 Å². The van der Waals surface area contributed by atoms with Crippen LogP contribution in [0.5, 0.6) is 0 Å². The molecule has 7 nitrogen and oxygen atoms in total. The summed E-state index contributed by atoms with van der Waals surface area (Å²) < 4.78 is 39.0. The van der Waals surface area contributed by atoms with E-state index in [1.54, 1.807) is 25.7 Å². The van der Waals surface area contributed by atoms with E-state index in [1.165, 1.54) is 0 Å². The van der Waals surface area contributed by atoms with Crippen molar-refractivity contribution in [1.82, 2.24) is 20.9 Å². The third kappa shape index (κ3) is 5.61. The number of fused-ring (bicyclic) bond motifs is 1. The highest BCUT2D eigenvalue weighted by Crippen LogP contribution is 2.64. The van der Waals surface area contributed by atoms with Crippen LogP contribution in [0.2, 0.25) is 0 Å². The predicted molar refractivity (Wildman–Crippen MR) is 126 cm³/mol. The Hall–Kier alpha value is -2.26. The van der Waals surface area contributed by atoms with Crippen LogP contribution in [0.15, 0.2) is 11.3 Å². The molecule has 2 saturated heterocycles. The molecule has 0 spiro atoms. The van der Waals surface area contributed by atoms with E-state index >= 15 is 0 Å². The van der Waals surface area contributed by atoms with Gasteiger partial charge >= 0.3 is 12.1 Å². The van der Waals surface area contributed by atoms with Gasteiger partial charge in [0.05, 0.1) is 6.04 Å². The van der Waals surface area contributed by atoms with Crippen molar-refractivity contribution in [2.24, 2.45) is 28.6 Å². The average molecular weight is 501 g/mol. The SMILES string of the molecule is CC(C)=C(C[C@@H]1CCNC1=O)NCC1[C@@H]2[C@H](CN1C(=O)[C@@H](NC(=O)C(F)(F)F)C(C)(C)C)C2(C)C. The summed E-state index contributed by atoms with van der Waals surface area (Å²) in [6.07, 6.45) is -3.71. The van der Waals surface area contributed by atoms with Gasteiger partial charge in [-0.05, 0) is 49.4 Å². The number of allylic oxidation sites excluding steroid dienone is 2. The minimum absolute atomic E-state index is 0.0338. The number of carbonyl (C=O) groups is 3. The molecule has 1 saturated carbocycles. The summed E-state index contributed by atoms with van der Waals surface area (Å²) in [5.74, 6) is -2.17. The third-order valence-corrected chi connectivity index (χ3v) is 8.02. The molecule has 5 atom stereocenters. The van der Waals surface area contributed by atoms with Crippen molar-refractivity contribution >= 4 is 17.7 Å². The lowest BCUT2D eigenvalue weighted by Gasteiger charge is -2.38. The number of alkyl halides is 3. The number of nitrogens with one attached hydrogen (secondary N) is 3. The second-order valence-corrected chi connectivity index (χ2v) is 12.1. The fourth-order valence-electron chi connectivity index (χ4n) is 5.73. The molecule has 2 heterocycles. The number of likely N-dealkylation sites (tertiary alicyclic amines) is 1. The smallest absolute Gasteiger partial charge is 0.386 e. The zero-order valence-electron chi connectivity index (χ0n) is 21.7. The Kier molecular flexibility index (Phi) is 7.27. The molecule has 3 amide bonds. The van der Waals surface area contributed by atoms with Crippen molar-refractivity contribution in [3.63, 3.8) is 0 Å². The van der Waals surface area contributed by atoms with E-state index in [0.717, 1.165) is 17.7 Å². The molecule has 2 aliphatic heterocycles. The Bertz CT molecular complexity index is 903. The van der Waals surface area contributed by atoms with E-state index in [-0.39, 0.29) is 35.1 Å². The van der Waals surface area contributed by atoms with Gasteiger partial charge in [-0.3, -0.25) is 14.4 Å². The van der Waals surface area contributed by atoms with Gasteiger partial charge in [0, 0.05) is 31.2 Å². The van der Waals surface area contributed by atoms with Crippen LogP contribution >= 0.6 is 0 Å². The quantitative estimate of drug-likeness (QED) is 0.501. The number of carbonyl (C=O) groups excluding carboxylic acids is 3. The van der Waals surface area contributed by atoms with E-state index < -0.39 is 29.4 Å². The van der Waals surface area contributed by atoms with Gasteiger partial charge in [0.15, 0.2) is 0 Å². The molecule has 0 aromatic heterocycles. The molecule has 0 aromatic rings. The summed E-state index contributed by atoms with van der Waals surface area (Å²) in [5.41, 5.74) is 1.14. The van der Waals surface area contributed by atoms with Crippen LogP contribution in [-0.4, -0.2) is 60.5 Å². The molecule has 198 valence electrons. The maximum Gasteiger partial charge on any atom is 0.471 e. The van der Waals surface area contributed by atoms with Gasteiger partial charge in [-0.1, -0.05) is 40.2 Å². The number of hydrogen-bond donors (Lipinski definition) is 3. The summed E-state index contributed by atoms with van der Waals surface area (Å²) >= 11 is 0. The highest BCUT2D eigenvalue weighted by Gasteiger charge is 2.67. The number of hydrogen-bond acceptors (Lipinski definition) is 4. The Labute approximate surface area is 205 Å². The minimum atomic E-state index is -5.06. The number of nitrogens with zero attached hydrogens (tertiary/aromatic N) is 1. The highest BCUT2D eigenvalue weighted by molar-refractivity contribution is 5.91. The molecular formula is C25H39F3N4O3. The Morgan fingerprint density at radius 2 is 1.83 bits per heavy atom. The topological polar surface area (TPSA) is 90.5 Å². The number of halogens is 3. The molecule has 3 aliphatic rings. The lowest BCUT2D eigenvalue weighted by Crippen LogP contribution is -2.59. The first-order valence-corrected chi connectivity index (χ1v) is 12.3. The number of rotatable bonds is 7. The van der Waals surface area contributed by atoms with Crippen molar-refractivity contribution in [3.8, 4) is 0 Å². The molecule has 3 N–H and O–H groups in total. The largest absolute Gasteiger partial charge is 0.471 e. The monoisotopic (exact) mass is 500 g/mol. The molecule has 0 radical (unpaired) electrons. The van der Waals surface area contributed by atoms with Crippen LogP contribution in [0.3, 0.4) is 0 Å². The van der Waals surface area contributed by atoms with Crippen molar-refractivity contribution in [2.75, 3.05) is 19.6 Å². The number of piperidine rings is 1. The zero-order chi connectivity index (χ0) is 26.5. The molecule has 0 aromatic carbocycles. The van der Waals surface area contributed by atoms with Gasteiger partial charge in [0.2, 0.25) is 11.8 Å². The second kappa shape index (κ2) is 9.32. The molecule has 0 bridgehead atoms. The van der Waals surface area contributed by atoms with E-state index in [4.69, 9.17) is 0 Å². The van der Waals surface area contributed by atoms with Gasteiger partial charge in [0.25, 0.3) is 0 Å². The van der Waals surface area contributed by atoms with Crippen LogP contribution in [-0.2, 0) is 14.4 Å². The molecule has 1 unspecified atom stereocenters. The van der Waals surface area contributed by atoms with E-state index in [0.29, 0.717) is 26.1 Å². The normalized spacial score (nSPS) is 28.2. The molecule has 35 heavy (non-hydrogen) atoms. The Balaban J connectivity index is 1.78. The van der Waals surface area contributed by atoms with Crippen molar-refractivity contribution in [1.29, 1.82) is 0 Å². The van der Waals surface area contributed by atoms with Gasteiger partial charge in [0.1, 0.15) is 6.04 Å². The Morgan fingerprint density at radius 1 is 1.20 bits per heavy atom. The molecule has 10 heteroatoms. The van der Waals surface area contributed by atoms with Crippen molar-refractivity contribution < 1.29 is 27.6 Å². The standard InChI is InChI=1S/C25H39F3N4O3/c1-13(2)16(10-14-8-9-29-20(14)33)30-11-17-18-15(24(18,6)7)12-32(17)21(34)19(23(3,4)5)31-22(35)25(26,27)28/h14-15,17-19,30H,8-12H2,1-7H3,(H,29,33)(H,31,35)/t14-,15-,17?,18-,19+/m0/s1. The van der Waals surface area contributed by atoms with Crippen LogP contribution in [0.4, 0.5) is 13.2 Å². The fraction of sp³-hybridized carbons (Fsp3) is 0.800. The molecular weight excluding hydrogens is 461 g/mol. The van der Waals surface area contributed by atoms with Crippen molar-refractivity contribution in [3.05, 3.63) is 11.3 Å². The summed E-state index contributed by atoms with van der Waals surface area (Å²) in [5, 5.41) is 8.27. The lowest BCUT2D eigenvalue weighted by atomic mass is 9.85. The highest BCUT2D eigenvalue weighted by atomic mass is 19.4. The summed E-state index contributed by atoms with van der Waals surface area (Å²) in [7, 11) is 0. The first kappa shape index (κ1) is 27.3. The van der Waals surface area contributed by atoms with Crippen LogP contribution in [0, 0.1) is 28.6 Å². The first-order valence-electron chi connectivity index (χ1n) is 12.3.